The van der Waals surface area contributed by atoms with Crippen LogP contribution in [0, 0.1) is 0 Å². The van der Waals surface area contributed by atoms with Gasteiger partial charge < -0.3 is 12.9 Å². The average Bonchev–Trinajstić information content (AvgIpc) is 1.94. The SMILES string of the molecule is CC/C=C\CCCC[B-](F)(F)F.[K+]. The van der Waals surface area contributed by atoms with Crippen molar-refractivity contribution in [2.45, 2.75) is 38.9 Å². The van der Waals surface area contributed by atoms with Crippen molar-refractivity contribution in [2.75, 3.05) is 0 Å². The van der Waals surface area contributed by atoms with Crippen LogP contribution in [0.3, 0.4) is 0 Å². The van der Waals surface area contributed by atoms with Crippen molar-refractivity contribution in [1.29, 1.82) is 0 Å². The Kier molecular flexibility index (Phi) is 12.5. The molecular weight excluding hydrogens is 203 g/mol. The molecule has 0 aromatic heterocycles. The van der Waals surface area contributed by atoms with Gasteiger partial charge in [0.05, 0.1) is 0 Å². The standard InChI is InChI=1S/C8H15BF3.K/c1-2-3-4-5-6-7-8-9(10,11)12;/h3-4H,2,5-8H2,1H3;/q-1;+1/b4-3-;. The van der Waals surface area contributed by atoms with E-state index in [2.05, 4.69) is 0 Å². The van der Waals surface area contributed by atoms with Crippen LogP contribution in [0.5, 0.6) is 0 Å². The molecule has 5 heteroatoms. The molecule has 0 bridgehead atoms. The molecule has 0 rings (SSSR count). The minimum atomic E-state index is -4.55. The van der Waals surface area contributed by atoms with Gasteiger partial charge in [0.1, 0.15) is 0 Å². The van der Waals surface area contributed by atoms with Gasteiger partial charge >= 0.3 is 58.4 Å². The van der Waals surface area contributed by atoms with Crippen LogP contribution in [0.4, 0.5) is 12.9 Å². The molecule has 0 saturated carbocycles. The molecule has 72 valence electrons. The first kappa shape index (κ1) is 16.7. The fraction of sp³-hybridized carbons (Fsp3) is 0.750. The summed E-state index contributed by atoms with van der Waals surface area (Å²) in [5, 5.41) is 0. The van der Waals surface area contributed by atoms with Crippen LogP contribution in [0.2, 0.25) is 6.32 Å². The Balaban J connectivity index is 0. The molecule has 0 spiro atoms. The fourth-order valence-corrected chi connectivity index (χ4v) is 0.922. The Morgan fingerprint density at radius 1 is 1.08 bits per heavy atom. The molecule has 0 aliphatic carbocycles. The Morgan fingerprint density at radius 3 is 2.15 bits per heavy atom. The van der Waals surface area contributed by atoms with E-state index in [4.69, 9.17) is 0 Å². The van der Waals surface area contributed by atoms with Crippen LogP contribution in [0.15, 0.2) is 12.2 Å². The topological polar surface area (TPSA) is 0 Å². The molecule has 0 N–H and O–H groups in total. The number of hydrogen-bond donors (Lipinski definition) is 0. The summed E-state index contributed by atoms with van der Waals surface area (Å²) < 4.78 is 35.0. The van der Waals surface area contributed by atoms with E-state index in [9.17, 15) is 12.9 Å². The molecule has 0 aliphatic heterocycles. The first-order chi connectivity index (χ1) is 5.56. The Labute approximate surface area is 121 Å². The van der Waals surface area contributed by atoms with E-state index in [0.29, 0.717) is 6.42 Å². The third-order valence-corrected chi connectivity index (χ3v) is 1.55. The molecule has 0 heterocycles. The van der Waals surface area contributed by atoms with Gasteiger partial charge in [0.25, 0.3) is 0 Å². The first-order valence-corrected chi connectivity index (χ1v) is 4.42. The van der Waals surface area contributed by atoms with Crippen LogP contribution in [0.1, 0.15) is 32.6 Å². The number of halogens is 3. The van der Waals surface area contributed by atoms with E-state index >= 15 is 0 Å². The summed E-state index contributed by atoms with van der Waals surface area (Å²) in [5.74, 6) is 0. The van der Waals surface area contributed by atoms with Gasteiger partial charge in [0.2, 0.25) is 0 Å². The zero-order valence-corrected chi connectivity index (χ0v) is 11.5. The Hall–Kier alpha value is 1.23. The van der Waals surface area contributed by atoms with E-state index < -0.39 is 13.3 Å². The molecule has 0 radical (unpaired) electrons. The van der Waals surface area contributed by atoms with Crippen molar-refractivity contribution in [3.63, 3.8) is 0 Å². The molecule has 0 amide bonds. The van der Waals surface area contributed by atoms with Crippen molar-refractivity contribution in [3.8, 4) is 0 Å². The smallest absolute Gasteiger partial charge is 0.449 e. The van der Waals surface area contributed by atoms with Gasteiger partial charge in [-0.25, -0.2) is 0 Å². The molecule has 0 fully saturated rings. The summed E-state index contributed by atoms with van der Waals surface area (Å²) >= 11 is 0. The molecule has 0 aromatic rings. The van der Waals surface area contributed by atoms with Gasteiger partial charge in [-0.3, -0.25) is 0 Å². The molecule has 0 nitrogen and oxygen atoms in total. The third kappa shape index (κ3) is 15.9. The maximum atomic E-state index is 11.7. The number of allylic oxidation sites excluding steroid dienone is 2. The average molecular weight is 218 g/mol. The summed E-state index contributed by atoms with van der Waals surface area (Å²) in [6.45, 7) is -2.54. The van der Waals surface area contributed by atoms with E-state index in [1.807, 2.05) is 19.1 Å². The summed E-state index contributed by atoms with van der Waals surface area (Å²) in [6, 6.07) is 0. The summed E-state index contributed by atoms with van der Waals surface area (Å²) in [6.07, 6.45) is 6.01. The summed E-state index contributed by atoms with van der Waals surface area (Å²) in [4.78, 5) is 0. The van der Waals surface area contributed by atoms with Crippen molar-refractivity contribution in [2.24, 2.45) is 0 Å². The monoisotopic (exact) mass is 218 g/mol. The zero-order chi connectivity index (χ0) is 9.45. The van der Waals surface area contributed by atoms with Crippen molar-refractivity contribution >= 4 is 6.98 Å². The van der Waals surface area contributed by atoms with Gasteiger partial charge in [0.15, 0.2) is 0 Å². The summed E-state index contributed by atoms with van der Waals surface area (Å²) in [5.41, 5.74) is 0. The van der Waals surface area contributed by atoms with Crippen molar-refractivity contribution in [3.05, 3.63) is 12.2 Å². The van der Waals surface area contributed by atoms with Crippen LogP contribution in [-0.4, -0.2) is 6.98 Å². The minimum Gasteiger partial charge on any atom is -0.449 e. The second-order valence-electron chi connectivity index (χ2n) is 2.87. The van der Waals surface area contributed by atoms with E-state index in [-0.39, 0.29) is 57.8 Å². The van der Waals surface area contributed by atoms with Gasteiger partial charge in [0, 0.05) is 0 Å². The zero-order valence-electron chi connectivity index (χ0n) is 8.40. The Bertz CT molecular complexity index is 134. The van der Waals surface area contributed by atoms with Gasteiger partial charge in [-0.15, -0.1) is 0 Å². The van der Waals surface area contributed by atoms with E-state index in [1.165, 1.54) is 0 Å². The van der Waals surface area contributed by atoms with Crippen LogP contribution >= 0.6 is 0 Å². The number of hydrogen-bond acceptors (Lipinski definition) is 0. The predicted octanol–water partition coefficient (Wildman–Crippen LogP) is 0.974. The first-order valence-electron chi connectivity index (χ1n) is 4.42. The van der Waals surface area contributed by atoms with Gasteiger partial charge in [-0.2, -0.15) is 0 Å². The third-order valence-electron chi connectivity index (χ3n) is 1.55. The molecular formula is C8H15BF3K. The number of rotatable bonds is 6. The van der Waals surface area contributed by atoms with Crippen LogP contribution < -0.4 is 51.4 Å². The van der Waals surface area contributed by atoms with Crippen molar-refractivity contribution < 1.29 is 64.3 Å². The molecule has 13 heavy (non-hydrogen) atoms. The largest absolute Gasteiger partial charge is 1.00 e. The fourth-order valence-electron chi connectivity index (χ4n) is 0.922. The molecule has 0 aromatic carbocycles. The van der Waals surface area contributed by atoms with Crippen LogP contribution in [-0.2, 0) is 0 Å². The maximum absolute atomic E-state index is 11.7. The maximum Gasteiger partial charge on any atom is 1.00 e. The minimum absolute atomic E-state index is 0. The quantitative estimate of drug-likeness (QED) is 0.354. The second kappa shape index (κ2) is 9.77. The molecule has 0 atom stereocenters. The van der Waals surface area contributed by atoms with Crippen LogP contribution in [0.25, 0.3) is 0 Å². The predicted molar refractivity (Wildman–Crippen MR) is 47.2 cm³/mol. The van der Waals surface area contributed by atoms with E-state index in [0.717, 1.165) is 12.8 Å². The van der Waals surface area contributed by atoms with Gasteiger partial charge in [-0.1, -0.05) is 38.2 Å². The second-order valence-corrected chi connectivity index (χ2v) is 2.87. The van der Waals surface area contributed by atoms with Gasteiger partial charge in [-0.05, 0) is 12.8 Å². The van der Waals surface area contributed by atoms with E-state index in [1.54, 1.807) is 0 Å². The van der Waals surface area contributed by atoms with Crippen molar-refractivity contribution in [1.82, 2.24) is 0 Å². The molecule has 0 saturated heterocycles. The molecule has 0 aliphatic rings. The normalized spacial score (nSPS) is 11.7. The Morgan fingerprint density at radius 2 is 1.69 bits per heavy atom. The molecule has 0 unspecified atom stereocenters. The number of unbranched alkanes of at least 4 members (excludes halogenated alkanes) is 2. The summed E-state index contributed by atoms with van der Waals surface area (Å²) in [7, 11) is 0.